The summed E-state index contributed by atoms with van der Waals surface area (Å²) in [7, 11) is 0. The van der Waals surface area contributed by atoms with Gasteiger partial charge in [0.1, 0.15) is 5.41 Å². The number of halogens is 12. The van der Waals surface area contributed by atoms with Gasteiger partial charge in [0.25, 0.3) is 0 Å². The molecule has 1 saturated heterocycles. The Kier molecular flexibility index (Phi) is 7.31. The Morgan fingerprint density at radius 2 is 1.47 bits per heavy atom. The smallest absolute Gasteiger partial charge is 0.388 e. The summed E-state index contributed by atoms with van der Waals surface area (Å²) in [5, 5.41) is 0. The Morgan fingerprint density at radius 3 is 1.92 bits per heavy atom. The number of rotatable bonds is 4. The molecule has 2 N–H and O–H groups in total. The molecule has 0 amide bonds. The van der Waals surface area contributed by atoms with E-state index in [1.54, 1.807) is 0 Å². The molecule has 1 aliphatic rings. The number of hydrogen-bond donors (Lipinski definition) is 1. The zero-order chi connectivity index (χ0) is 28.9. The second-order valence-electron chi connectivity index (χ2n) is 8.55. The van der Waals surface area contributed by atoms with Crippen LogP contribution in [0, 0.1) is 0 Å². The standard InChI is InChI=1S/C21H17F12N5/c1-10(34)35-7-11-8-36-16(37-15(11)20(28,29)30)38-3-2-17(9-38,21(31,32)33)12-4-13(18(22,23)24)6-14(5-12)19(25,26)27/h4-6,8H,2-3,7,9H2,1H3,(H2,34,35). The summed E-state index contributed by atoms with van der Waals surface area (Å²) >= 11 is 0. The molecule has 2 heterocycles. The molecular weight excluding hydrogens is 550 g/mol. The van der Waals surface area contributed by atoms with Crippen molar-refractivity contribution in [2.45, 2.75) is 50.0 Å². The van der Waals surface area contributed by atoms with Crippen molar-refractivity contribution in [3.8, 4) is 0 Å². The molecule has 1 aromatic carbocycles. The summed E-state index contributed by atoms with van der Waals surface area (Å²) in [5.41, 5.74) is -5.34. The lowest BCUT2D eigenvalue weighted by Crippen LogP contribution is -2.45. The maximum Gasteiger partial charge on any atom is 0.433 e. The van der Waals surface area contributed by atoms with E-state index in [2.05, 4.69) is 15.0 Å². The highest BCUT2D eigenvalue weighted by Crippen LogP contribution is 2.50. The number of hydrogen-bond acceptors (Lipinski definition) is 4. The van der Waals surface area contributed by atoms with Crippen molar-refractivity contribution < 1.29 is 52.7 Å². The molecule has 38 heavy (non-hydrogen) atoms. The van der Waals surface area contributed by atoms with Gasteiger partial charge in [0.2, 0.25) is 5.95 Å². The van der Waals surface area contributed by atoms with Crippen molar-refractivity contribution in [3.05, 3.63) is 52.3 Å². The van der Waals surface area contributed by atoms with E-state index in [0.29, 0.717) is 11.1 Å². The third-order valence-electron chi connectivity index (χ3n) is 5.85. The summed E-state index contributed by atoms with van der Waals surface area (Å²) in [6.45, 7) is -1.35. The highest BCUT2D eigenvalue weighted by Gasteiger charge is 2.60. The van der Waals surface area contributed by atoms with Crippen LogP contribution < -0.4 is 10.6 Å². The maximum atomic E-state index is 14.3. The van der Waals surface area contributed by atoms with E-state index in [4.69, 9.17) is 5.73 Å². The Hall–Kier alpha value is -3.27. The first-order valence-corrected chi connectivity index (χ1v) is 10.5. The van der Waals surface area contributed by atoms with Crippen LogP contribution in [0.4, 0.5) is 58.6 Å². The number of nitrogens with zero attached hydrogens (tertiary/aromatic N) is 4. The van der Waals surface area contributed by atoms with Gasteiger partial charge in [-0.15, -0.1) is 0 Å². The third-order valence-corrected chi connectivity index (χ3v) is 5.85. The van der Waals surface area contributed by atoms with Crippen molar-refractivity contribution >= 4 is 11.8 Å². The first-order valence-electron chi connectivity index (χ1n) is 10.5. The van der Waals surface area contributed by atoms with Gasteiger partial charge >= 0.3 is 24.7 Å². The van der Waals surface area contributed by atoms with E-state index in [-0.39, 0.29) is 24.0 Å². The lowest BCUT2D eigenvalue weighted by atomic mass is 9.77. The molecular formula is C21H17F12N5. The number of aromatic nitrogens is 2. The molecule has 17 heteroatoms. The summed E-state index contributed by atoms with van der Waals surface area (Å²) in [6.07, 6.45) is -21.7. The second kappa shape index (κ2) is 9.48. The van der Waals surface area contributed by atoms with Gasteiger partial charge in [-0.05, 0) is 37.1 Å². The van der Waals surface area contributed by atoms with Crippen molar-refractivity contribution in [1.82, 2.24) is 9.97 Å². The SMILES string of the molecule is CC(N)=NCc1cnc(N2CCC(c3cc(C(F)(F)F)cc(C(F)(F)F)c3)(C(F)(F)F)C2)nc1C(F)(F)F. The predicted octanol–water partition coefficient (Wildman–Crippen LogP) is 6.12. The molecule has 0 bridgehead atoms. The van der Waals surface area contributed by atoms with Gasteiger partial charge in [-0.1, -0.05) is 0 Å². The zero-order valence-corrected chi connectivity index (χ0v) is 19.0. The average molecular weight is 567 g/mol. The second-order valence-corrected chi connectivity index (χ2v) is 8.55. The van der Waals surface area contributed by atoms with Crippen molar-refractivity contribution in [2.24, 2.45) is 10.7 Å². The highest BCUT2D eigenvalue weighted by atomic mass is 19.4. The van der Waals surface area contributed by atoms with E-state index in [9.17, 15) is 52.7 Å². The largest absolute Gasteiger partial charge is 0.433 e. The van der Waals surface area contributed by atoms with Crippen LogP contribution >= 0.6 is 0 Å². The molecule has 0 aliphatic carbocycles. The molecule has 1 atom stereocenters. The van der Waals surface area contributed by atoms with Crippen LogP contribution in [0.25, 0.3) is 0 Å². The van der Waals surface area contributed by atoms with Crippen LogP contribution in [0.5, 0.6) is 0 Å². The quantitative estimate of drug-likeness (QED) is 0.275. The van der Waals surface area contributed by atoms with Gasteiger partial charge < -0.3 is 10.6 Å². The zero-order valence-electron chi connectivity index (χ0n) is 19.0. The summed E-state index contributed by atoms with van der Waals surface area (Å²) < 4.78 is 163. The topological polar surface area (TPSA) is 67.4 Å². The number of anilines is 1. The molecule has 1 aromatic heterocycles. The molecule has 0 spiro atoms. The van der Waals surface area contributed by atoms with E-state index < -0.39 is 90.1 Å². The molecule has 1 aliphatic heterocycles. The molecule has 1 unspecified atom stereocenters. The predicted molar refractivity (Wildman–Crippen MR) is 109 cm³/mol. The fourth-order valence-corrected chi connectivity index (χ4v) is 3.96. The number of alkyl halides is 12. The van der Waals surface area contributed by atoms with Gasteiger partial charge in [-0.2, -0.15) is 52.7 Å². The minimum atomic E-state index is -5.41. The van der Waals surface area contributed by atoms with Crippen molar-refractivity contribution in [3.63, 3.8) is 0 Å². The average Bonchev–Trinajstić information content (AvgIpc) is 3.22. The van der Waals surface area contributed by atoms with Gasteiger partial charge in [-0.3, -0.25) is 4.99 Å². The molecule has 1 fully saturated rings. The normalized spacial score (nSPS) is 19.8. The van der Waals surface area contributed by atoms with Crippen LogP contribution in [0.15, 0.2) is 29.4 Å². The fraction of sp³-hybridized carbons (Fsp3) is 0.476. The minimum absolute atomic E-state index is 0.0372. The van der Waals surface area contributed by atoms with E-state index in [1.165, 1.54) is 6.92 Å². The summed E-state index contributed by atoms with van der Waals surface area (Å²) in [6, 6.07) is -0.391. The van der Waals surface area contributed by atoms with Gasteiger partial charge in [0, 0.05) is 24.8 Å². The van der Waals surface area contributed by atoms with Gasteiger partial charge in [0.15, 0.2) is 5.69 Å². The first kappa shape index (κ1) is 29.3. The monoisotopic (exact) mass is 567 g/mol. The van der Waals surface area contributed by atoms with E-state index in [1.807, 2.05) is 0 Å². The van der Waals surface area contributed by atoms with Gasteiger partial charge in [0.05, 0.1) is 23.5 Å². The first-order chi connectivity index (χ1) is 17.1. The Bertz CT molecular complexity index is 1180. The van der Waals surface area contributed by atoms with Gasteiger partial charge in [-0.25, -0.2) is 9.97 Å². The van der Waals surface area contributed by atoms with E-state index >= 15 is 0 Å². The molecule has 0 saturated carbocycles. The Balaban J connectivity index is 2.13. The highest BCUT2D eigenvalue weighted by molar-refractivity contribution is 5.77. The van der Waals surface area contributed by atoms with E-state index in [0.717, 1.165) is 0 Å². The Labute approximate surface area is 206 Å². The van der Waals surface area contributed by atoms with Crippen LogP contribution in [-0.4, -0.2) is 35.1 Å². The van der Waals surface area contributed by atoms with Crippen LogP contribution in [0.1, 0.15) is 41.3 Å². The number of nitrogens with two attached hydrogens (primary N) is 1. The molecule has 2 aromatic rings. The molecule has 210 valence electrons. The minimum Gasteiger partial charge on any atom is -0.388 e. The summed E-state index contributed by atoms with van der Waals surface area (Å²) in [4.78, 5) is 11.2. The van der Waals surface area contributed by atoms with Crippen molar-refractivity contribution in [2.75, 3.05) is 18.0 Å². The van der Waals surface area contributed by atoms with Crippen molar-refractivity contribution in [1.29, 1.82) is 0 Å². The molecule has 5 nitrogen and oxygen atoms in total. The lowest BCUT2D eigenvalue weighted by Gasteiger charge is -2.33. The lowest BCUT2D eigenvalue weighted by molar-refractivity contribution is -0.185. The van der Waals surface area contributed by atoms with Crippen LogP contribution in [-0.2, 0) is 30.5 Å². The third kappa shape index (κ3) is 5.90. The number of amidine groups is 1. The van der Waals surface area contributed by atoms with Crippen LogP contribution in [0.3, 0.4) is 0 Å². The summed E-state index contributed by atoms with van der Waals surface area (Å²) in [5.74, 6) is -0.917. The molecule has 3 rings (SSSR count). The number of benzene rings is 1. The maximum absolute atomic E-state index is 14.3. The van der Waals surface area contributed by atoms with Crippen LogP contribution in [0.2, 0.25) is 0 Å². The Morgan fingerprint density at radius 1 is 0.921 bits per heavy atom. The fourth-order valence-electron chi connectivity index (χ4n) is 3.96. The molecule has 0 radical (unpaired) electrons. The number of aliphatic imine (C=N–C) groups is 1.